The van der Waals surface area contributed by atoms with Crippen molar-refractivity contribution < 1.29 is 0 Å². The minimum atomic E-state index is 0.426. The highest BCUT2D eigenvalue weighted by Gasteiger charge is 2.40. The third kappa shape index (κ3) is 2.87. The normalized spacial score (nSPS) is 39.2. The quantitative estimate of drug-likeness (QED) is 0.824. The van der Waals surface area contributed by atoms with Gasteiger partial charge in [0.1, 0.15) is 0 Å². The smallest absolute Gasteiger partial charge is 0.157 e. The predicted octanol–water partition coefficient (Wildman–Crippen LogP) is 3.67. The van der Waals surface area contributed by atoms with Crippen LogP contribution in [0, 0.1) is 17.3 Å². The van der Waals surface area contributed by atoms with Gasteiger partial charge in [-0.05, 0) is 42.9 Å². The number of hydrogen-bond donors (Lipinski definition) is 1. The summed E-state index contributed by atoms with van der Waals surface area (Å²) in [7, 11) is 0. The highest BCUT2D eigenvalue weighted by atomic mass is 32.2. The summed E-state index contributed by atoms with van der Waals surface area (Å²) in [6.07, 6.45) is 7.07. The van der Waals surface area contributed by atoms with Gasteiger partial charge in [-0.15, -0.1) is 0 Å². The molecule has 2 bridgehead atoms. The Morgan fingerprint density at radius 3 is 2.72 bits per heavy atom. The molecular formula is C15H26N2S. The van der Waals surface area contributed by atoms with Crippen molar-refractivity contribution in [1.29, 1.82) is 0 Å². The van der Waals surface area contributed by atoms with Crippen molar-refractivity contribution in [2.24, 2.45) is 22.2 Å². The molecule has 2 saturated carbocycles. The van der Waals surface area contributed by atoms with E-state index in [4.69, 9.17) is 4.99 Å². The Bertz CT molecular complexity index is 345. The van der Waals surface area contributed by atoms with Gasteiger partial charge in [-0.1, -0.05) is 39.0 Å². The molecule has 1 heterocycles. The van der Waals surface area contributed by atoms with Gasteiger partial charge in [-0.25, -0.2) is 0 Å². The summed E-state index contributed by atoms with van der Waals surface area (Å²) in [5, 5.41) is 5.68. The molecule has 4 atom stereocenters. The second-order valence-electron chi connectivity index (χ2n) is 7.58. The average molecular weight is 266 g/mol. The molecule has 2 aliphatic carbocycles. The van der Waals surface area contributed by atoms with Gasteiger partial charge < -0.3 is 5.32 Å². The Kier molecular flexibility index (Phi) is 3.38. The van der Waals surface area contributed by atoms with E-state index in [-0.39, 0.29) is 0 Å². The molecule has 0 aromatic heterocycles. The molecule has 2 nitrogen and oxygen atoms in total. The molecule has 0 aromatic rings. The lowest BCUT2D eigenvalue weighted by Crippen LogP contribution is -2.36. The minimum Gasteiger partial charge on any atom is -0.362 e. The van der Waals surface area contributed by atoms with Gasteiger partial charge in [0, 0.05) is 11.3 Å². The van der Waals surface area contributed by atoms with Crippen molar-refractivity contribution in [2.45, 2.75) is 64.2 Å². The van der Waals surface area contributed by atoms with E-state index in [0.29, 0.717) is 10.7 Å². The summed E-state index contributed by atoms with van der Waals surface area (Å²) < 4.78 is 0. The summed E-state index contributed by atoms with van der Waals surface area (Å²) in [6.45, 7) is 8.00. The average Bonchev–Trinajstić information content (AvgIpc) is 2.92. The zero-order chi connectivity index (χ0) is 12.8. The first-order chi connectivity index (χ1) is 8.49. The molecule has 102 valence electrons. The van der Waals surface area contributed by atoms with E-state index in [1.54, 1.807) is 0 Å². The van der Waals surface area contributed by atoms with E-state index < -0.39 is 0 Å². The second-order valence-corrected chi connectivity index (χ2v) is 8.87. The highest BCUT2D eigenvalue weighted by Crippen LogP contribution is 2.45. The molecule has 0 aromatic carbocycles. The summed E-state index contributed by atoms with van der Waals surface area (Å²) in [4.78, 5) is 4.72. The van der Waals surface area contributed by atoms with Crippen LogP contribution in [-0.4, -0.2) is 23.0 Å². The number of thioether (sulfide) groups is 1. The van der Waals surface area contributed by atoms with E-state index in [9.17, 15) is 0 Å². The second kappa shape index (κ2) is 4.73. The Labute approximate surface area is 115 Å². The molecule has 0 amide bonds. The van der Waals surface area contributed by atoms with Crippen molar-refractivity contribution in [3.8, 4) is 0 Å². The van der Waals surface area contributed by atoms with Gasteiger partial charge in [0.15, 0.2) is 5.17 Å². The van der Waals surface area contributed by atoms with Gasteiger partial charge in [0.05, 0.1) is 6.54 Å². The van der Waals surface area contributed by atoms with Crippen LogP contribution in [0.15, 0.2) is 4.99 Å². The molecule has 3 aliphatic rings. The molecule has 0 spiro atoms. The predicted molar refractivity (Wildman–Crippen MR) is 80.1 cm³/mol. The Hall–Kier alpha value is -0.180. The molecular weight excluding hydrogens is 240 g/mol. The standard InChI is InChI=1S/C15H26N2S/c1-15(2,3)8-12-9-16-14(18-12)17-13-7-10-4-5-11(13)6-10/h10-13H,4-9H2,1-3H3,(H,16,17). The zero-order valence-electron chi connectivity index (χ0n) is 11.9. The van der Waals surface area contributed by atoms with E-state index in [1.165, 1.54) is 37.3 Å². The van der Waals surface area contributed by atoms with E-state index in [2.05, 4.69) is 26.1 Å². The van der Waals surface area contributed by atoms with Crippen molar-refractivity contribution in [3.63, 3.8) is 0 Å². The largest absolute Gasteiger partial charge is 0.362 e. The van der Waals surface area contributed by atoms with Crippen LogP contribution in [-0.2, 0) is 0 Å². The molecule has 1 N–H and O–H groups in total. The monoisotopic (exact) mass is 266 g/mol. The number of aliphatic imine (C=N–C) groups is 1. The highest BCUT2D eigenvalue weighted by molar-refractivity contribution is 8.14. The van der Waals surface area contributed by atoms with Gasteiger partial charge in [0.2, 0.25) is 0 Å². The van der Waals surface area contributed by atoms with Crippen molar-refractivity contribution in [3.05, 3.63) is 0 Å². The van der Waals surface area contributed by atoms with Crippen molar-refractivity contribution in [1.82, 2.24) is 5.32 Å². The van der Waals surface area contributed by atoms with Crippen LogP contribution in [0.25, 0.3) is 0 Å². The lowest BCUT2D eigenvalue weighted by molar-refractivity contribution is 0.375. The van der Waals surface area contributed by atoms with Crippen LogP contribution in [0.2, 0.25) is 0 Å². The molecule has 4 unspecified atom stereocenters. The van der Waals surface area contributed by atoms with Gasteiger partial charge in [-0.2, -0.15) is 0 Å². The number of amidine groups is 1. The van der Waals surface area contributed by atoms with Gasteiger partial charge in [-0.3, -0.25) is 4.99 Å². The maximum atomic E-state index is 4.72. The van der Waals surface area contributed by atoms with Crippen LogP contribution in [0.4, 0.5) is 0 Å². The molecule has 3 heteroatoms. The third-order valence-corrected chi connectivity index (χ3v) is 5.72. The third-order valence-electron chi connectivity index (χ3n) is 4.60. The van der Waals surface area contributed by atoms with Gasteiger partial charge in [0.25, 0.3) is 0 Å². The molecule has 1 aliphatic heterocycles. The number of rotatable bonds is 2. The van der Waals surface area contributed by atoms with Crippen LogP contribution in [0.1, 0.15) is 52.9 Å². The number of hydrogen-bond acceptors (Lipinski definition) is 3. The van der Waals surface area contributed by atoms with Crippen molar-refractivity contribution >= 4 is 16.9 Å². The molecule has 0 saturated heterocycles. The summed E-state index contributed by atoms with van der Waals surface area (Å²) in [5.74, 6) is 1.96. The number of fused-ring (bicyclic) bond motifs is 2. The first-order valence-electron chi connectivity index (χ1n) is 7.47. The van der Waals surface area contributed by atoms with Crippen LogP contribution < -0.4 is 5.32 Å². The minimum absolute atomic E-state index is 0.426. The number of nitrogens with one attached hydrogen (secondary N) is 1. The molecule has 18 heavy (non-hydrogen) atoms. The topological polar surface area (TPSA) is 24.4 Å². The van der Waals surface area contributed by atoms with E-state index in [0.717, 1.165) is 24.4 Å². The summed E-state index contributed by atoms with van der Waals surface area (Å²) >= 11 is 1.99. The fourth-order valence-electron chi connectivity index (χ4n) is 3.87. The first-order valence-corrected chi connectivity index (χ1v) is 8.35. The maximum Gasteiger partial charge on any atom is 0.157 e. The molecule has 0 radical (unpaired) electrons. The zero-order valence-corrected chi connectivity index (χ0v) is 12.7. The van der Waals surface area contributed by atoms with Crippen LogP contribution in [0.5, 0.6) is 0 Å². The van der Waals surface area contributed by atoms with Crippen LogP contribution in [0.3, 0.4) is 0 Å². The Balaban J connectivity index is 1.48. The lowest BCUT2D eigenvalue weighted by Gasteiger charge is -2.24. The summed E-state index contributed by atoms with van der Waals surface area (Å²) in [6, 6.07) is 0.739. The van der Waals surface area contributed by atoms with Crippen molar-refractivity contribution in [2.75, 3.05) is 6.54 Å². The molecule has 3 rings (SSSR count). The Morgan fingerprint density at radius 2 is 2.11 bits per heavy atom. The van der Waals surface area contributed by atoms with Gasteiger partial charge >= 0.3 is 0 Å². The van der Waals surface area contributed by atoms with Crippen LogP contribution >= 0.6 is 11.8 Å². The molecule has 2 fully saturated rings. The van der Waals surface area contributed by atoms with E-state index in [1.807, 2.05) is 11.8 Å². The lowest BCUT2D eigenvalue weighted by atomic mass is 9.90. The Morgan fingerprint density at radius 1 is 1.28 bits per heavy atom. The maximum absolute atomic E-state index is 4.72. The van der Waals surface area contributed by atoms with E-state index >= 15 is 0 Å². The fraction of sp³-hybridized carbons (Fsp3) is 0.933. The SMILES string of the molecule is CC(C)(C)CC1CN=C(NC2CC3CCC2C3)S1. The number of nitrogens with zero attached hydrogens (tertiary/aromatic N) is 1. The fourth-order valence-corrected chi connectivity index (χ4v) is 5.28. The summed E-state index contributed by atoms with van der Waals surface area (Å²) in [5.41, 5.74) is 0.426. The first kappa shape index (κ1) is 12.8.